The van der Waals surface area contributed by atoms with Gasteiger partial charge in [0.2, 0.25) is 5.91 Å². The smallest absolute Gasteiger partial charge is 0.406 e. The van der Waals surface area contributed by atoms with Crippen LogP contribution in [0.2, 0.25) is 0 Å². The van der Waals surface area contributed by atoms with Crippen molar-refractivity contribution in [3.05, 3.63) is 29.8 Å². The Morgan fingerprint density at radius 1 is 1.25 bits per heavy atom. The Hall–Kier alpha value is -1.51. The molecule has 1 amide bonds. The third-order valence-corrected chi connectivity index (χ3v) is 3.69. The van der Waals surface area contributed by atoms with Gasteiger partial charge in [-0.3, -0.25) is 4.79 Å². The summed E-state index contributed by atoms with van der Waals surface area (Å²) in [4.78, 5) is 12.1. The molecule has 9 heteroatoms. The maximum Gasteiger partial charge on any atom is 0.573 e. The highest BCUT2D eigenvalue weighted by molar-refractivity contribution is 5.86. The first-order valence-electron chi connectivity index (χ1n) is 7.28. The molecular formula is C15H20ClF3N2O3. The minimum absolute atomic E-state index is 0. The van der Waals surface area contributed by atoms with E-state index in [-0.39, 0.29) is 24.1 Å². The first-order chi connectivity index (χ1) is 10.8. The predicted molar refractivity (Wildman–Crippen MR) is 84.1 cm³/mol. The molecule has 0 aliphatic carbocycles. The zero-order valence-electron chi connectivity index (χ0n) is 12.9. The van der Waals surface area contributed by atoms with Crippen molar-refractivity contribution in [1.29, 1.82) is 0 Å². The molecule has 5 nitrogen and oxygen atoms in total. The number of carbonyl (C=O) groups excluding carboxylic acids is 1. The number of hydrogen-bond donors (Lipinski definition) is 2. The molecule has 2 rings (SSSR count). The molecule has 0 radical (unpaired) electrons. The monoisotopic (exact) mass is 368 g/mol. The van der Waals surface area contributed by atoms with Gasteiger partial charge in [0.1, 0.15) is 5.75 Å². The van der Waals surface area contributed by atoms with Crippen LogP contribution < -0.4 is 15.8 Å². The number of rotatable bonds is 5. The summed E-state index contributed by atoms with van der Waals surface area (Å²) in [5.41, 5.74) is 5.94. The Labute approximate surface area is 144 Å². The Morgan fingerprint density at radius 2 is 1.83 bits per heavy atom. The van der Waals surface area contributed by atoms with Crippen molar-refractivity contribution < 1.29 is 27.4 Å². The van der Waals surface area contributed by atoms with Gasteiger partial charge >= 0.3 is 6.36 Å². The number of hydrogen-bond acceptors (Lipinski definition) is 4. The molecular weight excluding hydrogens is 349 g/mol. The Morgan fingerprint density at radius 3 is 2.38 bits per heavy atom. The highest BCUT2D eigenvalue weighted by Gasteiger charge is 2.35. The normalized spacial score (nSPS) is 16.8. The molecule has 0 spiro atoms. The average molecular weight is 369 g/mol. The second kappa shape index (κ2) is 8.55. The van der Waals surface area contributed by atoms with Crippen molar-refractivity contribution in [3.63, 3.8) is 0 Å². The maximum atomic E-state index is 12.1. The summed E-state index contributed by atoms with van der Waals surface area (Å²) in [6.07, 6.45) is -3.26. The number of carbonyl (C=O) groups is 1. The van der Waals surface area contributed by atoms with Crippen molar-refractivity contribution in [3.8, 4) is 5.75 Å². The first kappa shape index (κ1) is 20.5. The van der Waals surface area contributed by atoms with Crippen LogP contribution in [0.25, 0.3) is 0 Å². The van der Waals surface area contributed by atoms with Crippen LogP contribution in [0.4, 0.5) is 13.2 Å². The molecule has 1 aromatic carbocycles. The van der Waals surface area contributed by atoms with Crippen molar-refractivity contribution in [2.75, 3.05) is 19.8 Å². The molecule has 1 aliphatic rings. The van der Waals surface area contributed by atoms with E-state index >= 15 is 0 Å². The fourth-order valence-corrected chi connectivity index (χ4v) is 2.32. The lowest BCUT2D eigenvalue weighted by atomic mass is 9.90. The maximum absolute atomic E-state index is 12.1. The first-order valence-corrected chi connectivity index (χ1v) is 7.28. The van der Waals surface area contributed by atoms with E-state index in [0.717, 1.165) is 5.56 Å². The zero-order chi connectivity index (χ0) is 16.9. The topological polar surface area (TPSA) is 73.6 Å². The largest absolute Gasteiger partial charge is 0.573 e. The molecule has 1 aromatic rings. The summed E-state index contributed by atoms with van der Waals surface area (Å²) >= 11 is 0. The molecule has 1 aliphatic heterocycles. The lowest BCUT2D eigenvalue weighted by molar-refractivity contribution is -0.274. The third-order valence-electron chi connectivity index (χ3n) is 3.69. The minimum Gasteiger partial charge on any atom is -0.406 e. The van der Waals surface area contributed by atoms with Crippen LogP contribution in [0, 0.1) is 0 Å². The van der Waals surface area contributed by atoms with Crippen LogP contribution >= 0.6 is 12.4 Å². The Kier molecular flexibility index (Phi) is 7.31. The van der Waals surface area contributed by atoms with Crippen LogP contribution in [0.3, 0.4) is 0 Å². The van der Waals surface area contributed by atoms with Gasteiger partial charge in [-0.1, -0.05) is 12.1 Å². The summed E-state index contributed by atoms with van der Waals surface area (Å²) in [5, 5.41) is 2.76. The second-order valence-electron chi connectivity index (χ2n) is 5.47. The number of ether oxygens (including phenoxy) is 2. The van der Waals surface area contributed by atoms with Crippen LogP contribution in [-0.2, 0) is 16.0 Å². The van der Waals surface area contributed by atoms with Crippen molar-refractivity contribution in [1.82, 2.24) is 5.32 Å². The van der Waals surface area contributed by atoms with Gasteiger partial charge in [0.15, 0.2) is 0 Å². The van der Waals surface area contributed by atoms with Gasteiger partial charge in [0, 0.05) is 19.8 Å². The van der Waals surface area contributed by atoms with Gasteiger partial charge in [-0.15, -0.1) is 25.6 Å². The molecule has 1 heterocycles. The molecule has 0 atom stereocenters. The van der Waals surface area contributed by atoms with Crippen LogP contribution in [0.1, 0.15) is 18.4 Å². The lowest BCUT2D eigenvalue weighted by Crippen LogP contribution is -2.57. The van der Waals surface area contributed by atoms with Crippen molar-refractivity contribution in [2.45, 2.75) is 31.2 Å². The molecule has 24 heavy (non-hydrogen) atoms. The van der Waals surface area contributed by atoms with E-state index in [2.05, 4.69) is 10.1 Å². The second-order valence-corrected chi connectivity index (χ2v) is 5.47. The van der Waals surface area contributed by atoms with Gasteiger partial charge in [-0.2, -0.15) is 0 Å². The fraction of sp³-hybridized carbons (Fsp3) is 0.533. The number of benzene rings is 1. The number of halogens is 4. The number of alkyl halides is 3. The van der Waals surface area contributed by atoms with Crippen molar-refractivity contribution >= 4 is 18.3 Å². The van der Waals surface area contributed by atoms with E-state index < -0.39 is 11.9 Å². The summed E-state index contributed by atoms with van der Waals surface area (Å²) in [5.74, 6) is -0.494. The highest BCUT2D eigenvalue weighted by atomic mass is 35.5. The average Bonchev–Trinajstić information content (AvgIpc) is 2.48. The summed E-state index contributed by atoms with van der Waals surface area (Å²) in [7, 11) is 0. The Bertz CT molecular complexity index is 532. The molecule has 0 unspecified atom stereocenters. The number of amides is 1. The standard InChI is InChI=1S/C15H19F3N2O3.ClH/c16-15(17,18)23-12-3-1-11(2-4-12)5-8-20-13(21)14(19)6-9-22-10-7-14;/h1-4H,5-10,19H2,(H,20,21);1H. The van der Waals surface area contributed by atoms with Crippen LogP contribution in [0.15, 0.2) is 24.3 Å². The summed E-state index contributed by atoms with van der Waals surface area (Å²) in [6, 6.07) is 5.54. The van der Waals surface area contributed by atoms with Gasteiger partial charge in [0.05, 0.1) is 5.54 Å². The molecule has 1 saturated heterocycles. The Balaban J connectivity index is 0.00000288. The highest BCUT2D eigenvalue weighted by Crippen LogP contribution is 2.23. The molecule has 1 fully saturated rings. The fourth-order valence-electron chi connectivity index (χ4n) is 2.32. The predicted octanol–water partition coefficient (Wildman–Crippen LogP) is 2.17. The SMILES string of the molecule is Cl.NC1(C(=O)NCCc2ccc(OC(F)(F)F)cc2)CCOCC1. The quantitative estimate of drug-likeness (QED) is 0.835. The van der Waals surface area contributed by atoms with E-state index in [1.54, 1.807) is 0 Å². The zero-order valence-corrected chi connectivity index (χ0v) is 13.7. The van der Waals surface area contributed by atoms with E-state index in [4.69, 9.17) is 10.5 Å². The van der Waals surface area contributed by atoms with E-state index in [1.165, 1.54) is 24.3 Å². The molecule has 0 saturated carbocycles. The summed E-state index contributed by atoms with van der Waals surface area (Å²) in [6.45, 7) is 1.29. The number of nitrogens with one attached hydrogen (secondary N) is 1. The van der Waals surface area contributed by atoms with Gasteiger partial charge < -0.3 is 20.5 Å². The minimum atomic E-state index is -4.70. The van der Waals surface area contributed by atoms with Crippen LogP contribution in [0.5, 0.6) is 5.75 Å². The molecule has 3 N–H and O–H groups in total. The van der Waals surface area contributed by atoms with Gasteiger partial charge in [0.25, 0.3) is 0 Å². The van der Waals surface area contributed by atoms with Gasteiger partial charge in [-0.25, -0.2) is 0 Å². The van der Waals surface area contributed by atoms with E-state index in [1.807, 2.05) is 0 Å². The van der Waals surface area contributed by atoms with E-state index in [9.17, 15) is 18.0 Å². The van der Waals surface area contributed by atoms with Gasteiger partial charge in [-0.05, 0) is 37.0 Å². The molecule has 136 valence electrons. The third kappa shape index (κ3) is 6.18. The van der Waals surface area contributed by atoms with E-state index in [0.29, 0.717) is 39.0 Å². The molecule has 0 aromatic heterocycles. The molecule has 0 bridgehead atoms. The van der Waals surface area contributed by atoms with Crippen molar-refractivity contribution in [2.24, 2.45) is 5.73 Å². The van der Waals surface area contributed by atoms with Crippen LogP contribution in [-0.4, -0.2) is 37.6 Å². The summed E-state index contributed by atoms with van der Waals surface area (Å²) < 4.78 is 45.1. The number of nitrogens with two attached hydrogens (primary N) is 1. The lowest BCUT2D eigenvalue weighted by Gasteiger charge is -2.31.